The van der Waals surface area contributed by atoms with Crippen LogP contribution in [0.4, 0.5) is 27.9 Å². The Morgan fingerprint density at radius 3 is 2.57 bits per heavy atom. The summed E-state index contributed by atoms with van der Waals surface area (Å²) in [6.07, 6.45) is 6.49. The van der Waals surface area contributed by atoms with Gasteiger partial charge in [0.1, 0.15) is 17.0 Å². The van der Waals surface area contributed by atoms with Crippen LogP contribution in [-0.2, 0) is 10.3 Å². The van der Waals surface area contributed by atoms with Crippen molar-refractivity contribution in [3.8, 4) is 0 Å². The Labute approximate surface area is 172 Å². The van der Waals surface area contributed by atoms with Gasteiger partial charge in [-0.2, -0.15) is 4.98 Å². The molecule has 1 aromatic carbocycles. The summed E-state index contributed by atoms with van der Waals surface area (Å²) in [7, 11) is 0. The fourth-order valence-electron chi connectivity index (χ4n) is 4.41. The van der Waals surface area contributed by atoms with Crippen molar-refractivity contribution >= 4 is 46.1 Å². The van der Waals surface area contributed by atoms with E-state index < -0.39 is 11.6 Å². The van der Waals surface area contributed by atoms with Gasteiger partial charge >= 0.3 is 6.03 Å². The van der Waals surface area contributed by atoms with Crippen LogP contribution in [0.1, 0.15) is 32.1 Å². The number of hydrazine groups is 1. The van der Waals surface area contributed by atoms with E-state index in [0.29, 0.717) is 11.6 Å². The second-order valence-electron chi connectivity index (χ2n) is 7.70. The Morgan fingerprint density at radius 1 is 1.10 bits per heavy atom. The molecule has 6 N–H and O–H groups in total. The van der Waals surface area contributed by atoms with E-state index in [0.717, 1.165) is 54.6 Å². The van der Waals surface area contributed by atoms with E-state index in [-0.39, 0.29) is 5.91 Å². The summed E-state index contributed by atoms with van der Waals surface area (Å²) in [6.45, 7) is 0. The minimum absolute atomic E-state index is 0.0159. The van der Waals surface area contributed by atoms with Gasteiger partial charge in [-0.25, -0.2) is 9.78 Å². The van der Waals surface area contributed by atoms with Crippen molar-refractivity contribution in [2.75, 3.05) is 16.1 Å². The number of nitrogens with one attached hydrogen (secondary N) is 4. The smallest absolute Gasteiger partial charge is 0.316 e. The molecule has 30 heavy (non-hydrogen) atoms. The van der Waals surface area contributed by atoms with Crippen LogP contribution in [0.5, 0.6) is 0 Å². The van der Waals surface area contributed by atoms with Crippen molar-refractivity contribution < 1.29 is 9.59 Å². The van der Waals surface area contributed by atoms with E-state index in [4.69, 9.17) is 10.7 Å². The summed E-state index contributed by atoms with van der Waals surface area (Å²) < 4.78 is 2.03. The van der Waals surface area contributed by atoms with E-state index >= 15 is 0 Å². The van der Waals surface area contributed by atoms with Crippen molar-refractivity contribution in [1.29, 1.82) is 0 Å². The van der Waals surface area contributed by atoms with Gasteiger partial charge in [-0.1, -0.05) is 19.3 Å². The van der Waals surface area contributed by atoms with Gasteiger partial charge in [-0.15, -0.1) is 0 Å². The Morgan fingerprint density at radius 2 is 1.83 bits per heavy atom. The number of carbonyl (C=O) groups is 2. The molecule has 3 heterocycles. The van der Waals surface area contributed by atoms with Gasteiger partial charge in [0, 0.05) is 23.0 Å². The minimum Gasteiger partial charge on any atom is -0.351 e. The first-order chi connectivity index (χ1) is 14.5. The number of nitrogens with zero attached hydrogens (tertiary/aromatic N) is 3. The number of nitrogens with two attached hydrogens (primary N) is 1. The van der Waals surface area contributed by atoms with Crippen molar-refractivity contribution in [3.63, 3.8) is 0 Å². The molecule has 1 aliphatic heterocycles. The van der Waals surface area contributed by atoms with E-state index in [2.05, 4.69) is 26.5 Å². The number of primary amides is 1. The van der Waals surface area contributed by atoms with Gasteiger partial charge in [-0.3, -0.25) is 20.2 Å². The largest absolute Gasteiger partial charge is 0.351 e. The fourth-order valence-corrected chi connectivity index (χ4v) is 4.41. The summed E-state index contributed by atoms with van der Waals surface area (Å²) in [5.74, 6) is 1.23. The molecule has 0 bridgehead atoms. The Kier molecular flexibility index (Phi) is 4.19. The van der Waals surface area contributed by atoms with Gasteiger partial charge in [-0.05, 0) is 43.2 Å². The lowest BCUT2D eigenvalue weighted by atomic mass is 9.80. The molecule has 0 unspecified atom stereocenters. The van der Waals surface area contributed by atoms with Gasteiger partial charge in [0.25, 0.3) is 5.91 Å². The molecule has 5 rings (SSSR count). The summed E-state index contributed by atoms with van der Waals surface area (Å²) >= 11 is 0. The molecule has 2 aliphatic rings. The zero-order chi connectivity index (χ0) is 20.7. The van der Waals surface area contributed by atoms with Crippen LogP contribution >= 0.6 is 0 Å². The summed E-state index contributed by atoms with van der Waals surface area (Å²) in [5, 5.41) is 6.56. The molecule has 154 valence electrons. The number of benzene rings is 1. The lowest BCUT2D eigenvalue weighted by Gasteiger charge is -2.41. The van der Waals surface area contributed by atoms with Crippen molar-refractivity contribution in [2.24, 2.45) is 5.73 Å². The van der Waals surface area contributed by atoms with Crippen LogP contribution in [0.3, 0.4) is 0 Å². The number of urea groups is 1. The number of aromatic nitrogens is 3. The normalized spacial score (nSPS) is 17.1. The van der Waals surface area contributed by atoms with Gasteiger partial charge in [0.2, 0.25) is 5.95 Å². The molecule has 10 heteroatoms. The molecule has 0 atom stereocenters. The van der Waals surface area contributed by atoms with E-state index in [1.165, 1.54) is 0 Å². The molecule has 1 fully saturated rings. The highest BCUT2D eigenvalue weighted by molar-refractivity contribution is 5.93. The first kappa shape index (κ1) is 18.2. The minimum atomic E-state index is -0.617. The average molecular weight is 406 g/mol. The van der Waals surface area contributed by atoms with Crippen molar-refractivity contribution in [2.45, 2.75) is 37.6 Å². The zero-order valence-electron chi connectivity index (χ0n) is 16.2. The standard InChI is InChI=1S/C20H22N8O2/c21-18(30)23-13-4-6-14(7-5-13)24-19-22-11-12-10-15-26-27-17(29)20(8-2-1-3-9-20)28(15)16(12)25-19/h4-7,10-11,26H,1-3,8-9H2,(H,27,29)(H3,21,23,30)(H,22,24,25). The number of carbonyl (C=O) groups excluding carboxylic acids is 2. The number of rotatable bonds is 3. The lowest BCUT2D eigenvalue weighted by molar-refractivity contribution is -0.131. The summed E-state index contributed by atoms with van der Waals surface area (Å²) in [5.41, 5.74) is 12.4. The Hall–Kier alpha value is -3.82. The highest BCUT2D eigenvalue weighted by Gasteiger charge is 2.46. The molecule has 1 spiro atoms. The first-order valence-corrected chi connectivity index (χ1v) is 9.94. The second kappa shape index (κ2) is 6.90. The molecule has 0 saturated heterocycles. The van der Waals surface area contributed by atoms with Gasteiger partial charge in [0.15, 0.2) is 0 Å². The van der Waals surface area contributed by atoms with Crippen LogP contribution < -0.4 is 27.2 Å². The third-order valence-corrected chi connectivity index (χ3v) is 5.78. The number of anilines is 4. The Bertz CT molecular complexity index is 1130. The molecule has 1 saturated carbocycles. The average Bonchev–Trinajstić information content (AvgIpc) is 3.12. The number of amides is 3. The maximum Gasteiger partial charge on any atom is 0.316 e. The molecule has 3 aromatic rings. The number of fused-ring (bicyclic) bond motifs is 4. The first-order valence-electron chi connectivity index (χ1n) is 9.94. The SMILES string of the molecule is NC(=O)Nc1ccc(Nc2ncc3cc4n(c3n2)C2(CCCCC2)C(=O)NN4)cc1. The van der Waals surface area contributed by atoms with Crippen molar-refractivity contribution in [1.82, 2.24) is 20.0 Å². The maximum atomic E-state index is 12.9. The quantitative estimate of drug-likeness (QED) is 0.453. The predicted octanol–water partition coefficient (Wildman–Crippen LogP) is 2.78. The second-order valence-corrected chi connectivity index (χ2v) is 7.70. The molecule has 3 amide bonds. The van der Waals surface area contributed by atoms with E-state index in [1.807, 2.05) is 10.6 Å². The maximum absolute atomic E-state index is 12.9. The number of hydrogen-bond acceptors (Lipinski definition) is 6. The van der Waals surface area contributed by atoms with Crippen molar-refractivity contribution in [3.05, 3.63) is 36.5 Å². The topological polar surface area (TPSA) is 139 Å². The van der Waals surface area contributed by atoms with Crippen LogP contribution in [0.2, 0.25) is 0 Å². The number of hydrogen-bond donors (Lipinski definition) is 5. The molecular formula is C20H22N8O2. The summed E-state index contributed by atoms with van der Waals surface area (Å²) in [6, 6.07) is 8.40. The molecule has 0 radical (unpaired) electrons. The highest BCUT2D eigenvalue weighted by Crippen LogP contribution is 2.42. The third kappa shape index (κ3) is 2.97. The van der Waals surface area contributed by atoms with Gasteiger partial charge < -0.3 is 16.4 Å². The predicted molar refractivity (Wildman–Crippen MR) is 113 cm³/mol. The monoisotopic (exact) mass is 406 g/mol. The molecule has 10 nitrogen and oxygen atoms in total. The van der Waals surface area contributed by atoms with Crippen LogP contribution in [0.25, 0.3) is 11.0 Å². The zero-order valence-corrected chi connectivity index (χ0v) is 16.2. The molecule has 2 aromatic heterocycles. The Balaban J connectivity index is 1.50. The fraction of sp³-hybridized carbons (Fsp3) is 0.300. The lowest BCUT2D eigenvalue weighted by Crippen LogP contribution is -2.55. The van der Waals surface area contributed by atoms with Gasteiger partial charge in [0.05, 0.1) is 0 Å². The van der Waals surface area contributed by atoms with Crippen LogP contribution in [0, 0.1) is 0 Å². The van der Waals surface area contributed by atoms with Crippen LogP contribution in [-0.4, -0.2) is 26.5 Å². The third-order valence-electron chi connectivity index (χ3n) is 5.78. The molecule has 1 aliphatic carbocycles. The summed E-state index contributed by atoms with van der Waals surface area (Å²) in [4.78, 5) is 33.0. The van der Waals surface area contributed by atoms with Crippen LogP contribution in [0.15, 0.2) is 36.5 Å². The highest BCUT2D eigenvalue weighted by atomic mass is 16.2. The molecular weight excluding hydrogens is 384 g/mol. The van der Waals surface area contributed by atoms with E-state index in [9.17, 15) is 9.59 Å². The van der Waals surface area contributed by atoms with E-state index in [1.54, 1.807) is 30.5 Å².